The van der Waals surface area contributed by atoms with Crippen molar-refractivity contribution < 1.29 is 0 Å². The minimum Gasteiger partial charge on any atom is -0.309 e. The molecule has 0 spiro atoms. The number of hydrogen-bond acceptors (Lipinski definition) is 2. The number of thiophene rings is 1. The summed E-state index contributed by atoms with van der Waals surface area (Å²) in [5.74, 6) is 0. The van der Waals surface area contributed by atoms with Gasteiger partial charge >= 0.3 is 0 Å². The fraction of sp³-hybridized carbons (Fsp3) is 0. The monoisotopic (exact) mass is 603 g/mol. The van der Waals surface area contributed by atoms with Crippen LogP contribution in [-0.2, 0) is 0 Å². The number of nitrogens with zero attached hydrogens (tertiary/aromatic N) is 1. The zero-order valence-electron chi connectivity index (χ0n) is 25.1. The lowest BCUT2D eigenvalue weighted by Gasteiger charge is -2.28. The molecule has 0 bridgehead atoms. The van der Waals surface area contributed by atoms with E-state index in [1.807, 2.05) is 11.3 Å². The first kappa shape index (κ1) is 26.7. The summed E-state index contributed by atoms with van der Waals surface area (Å²) in [6, 6.07) is 63.8. The summed E-state index contributed by atoms with van der Waals surface area (Å²) in [7, 11) is 0. The third kappa shape index (κ3) is 4.38. The standard InChI is InChI=1S/C44H29NS/c1-3-13-30(14-4-1)31-25-27-34(28-26-31)45(40-22-11-18-32-17-7-8-19-35(32)40)41-23-12-24-42-43(41)39-29-38(33-15-5-2-6-16-33)36-20-9-10-21-37(36)44(39)46-42/h1-29H. The molecule has 0 unspecified atom stereocenters. The highest BCUT2D eigenvalue weighted by molar-refractivity contribution is 7.26. The molecule has 0 aliphatic rings. The molecule has 0 N–H and O–H groups in total. The van der Waals surface area contributed by atoms with Crippen molar-refractivity contribution in [3.8, 4) is 22.3 Å². The van der Waals surface area contributed by atoms with Crippen molar-refractivity contribution in [3.05, 3.63) is 176 Å². The van der Waals surface area contributed by atoms with Gasteiger partial charge in [0.25, 0.3) is 0 Å². The average molecular weight is 604 g/mol. The second-order valence-electron chi connectivity index (χ2n) is 11.7. The van der Waals surface area contributed by atoms with E-state index in [0.717, 1.165) is 5.69 Å². The van der Waals surface area contributed by atoms with E-state index in [2.05, 4.69) is 181 Å². The summed E-state index contributed by atoms with van der Waals surface area (Å²) in [6.45, 7) is 0. The molecule has 9 aromatic rings. The predicted molar refractivity (Wildman–Crippen MR) is 200 cm³/mol. The summed E-state index contributed by atoms with van der Waals surface area (Å²) >= 11 is 1.89. The summed E-state index contributed by atoms with van der Waals surface area (Å²) in [5, 5.41) is 7.62. The zero-order chi connectivity index (χ0) is 30.5. The van der Waals surface area contributed by atoms with Crippen LogP contribution < -0.4 is 4.90 Å². The largest absolute Gasteiger partial charge is 0.309 e. The predicted octanol–water partition coefficient (Wildman–Crippen LogP) is 13.2. The van der Waals surface area contributed by atoms with E-state index < -0.39 is 0 Å². The molecule has 0 atom stereocenters. The van der Waals surface area contributed by atoms with Gasteiger partial charge in [-0.2, -0.15) is 0 Å². The highest BCUT2D eigenvalue weighted by Gasteiger charge is 2.22. The van der Waals surface area contributed by atoms with E-state index in [1.165, 1.54) is 75.3 Å². The van der Waals surface area contributed by atoms with E-state index in [-0.39, 0.29) is 0 Å². The van der Waals surface area contributed by atoms with E-state index in [4.69, 9.17) is 0 Å². The summed E-state index contributed by atoms with van der Waals surface area (Å²) in [4.78, 5) is 2.46. The maximum atomic E-state index is 2.46. The molecule has 0 amide bonds. The second-order valence-corrected chi connectivity index (χ2v) is 12.8. The molecule has 0 aliphatic carbocycles. The molecule has 216 valence electrons. The molecule has 0 saturated heterocycles. The van der Waals surface area contributed by atoms with Crippen LogP contribution in [0.2, 0.25) is 0 Å². The van der Waals surface area contributed by atoms with Crippen LogP contribution in [0.5, 0.6) is 0 Å². The minimum atomic E-state index is 1.13. The van der Waals surface area contributed by atoms with Crippen LogP contribution in [0.15, 0.2) is 176 Å². The van der Waals surface area contributed by atoms with Crippen molar-refractivity contribution in [2.24, 2.45) is 0 Å². The fourth-order valence-corrected chi connectivity index (χ4v) is 8.16. The topological polar surface area (TPSA) is 3.24 Å². The van der Waals surface area contributed by atoms with Crippen LogP contribution in [0, 0.1) is 0 Å². The lowest BCUT2D eigenvalue weighted by Crippen LogP contribution is -2.10. The van der Waals surface area contributed by atoms with Crippen LogP contribution in [0.3, 0.4) is 0 Å². The highest BCUT2D eigenvalue weighted by Crippen LogP contribution is 2.49. The smallest absolute Gasteiger partial charge is 0.0555 e. The van der Waals surface area contributed by atoms with Gasteiger partial charge < -0.3 is 4.90 Å². The number of benzene rings is 8. The van der Waals surface area contributed by atoms with E-state index in [1.54, 1.807) is 0 Å². The van der Waals surface area contributed by atoms with Gasteiger partial charge in [-0.15, -0.1) is 11.3 Å². The van der Waals surface area contributed by atoms with Gasteiger partial charge in [0.2, 0.25) is 0 Å². The van der Waals surface area contributed by atoms with Crippen molar-refractivity contribution in [3.63, 3.8) is 0 Å². The van der Waals surface area contributed by atoms with Gasteiger partial charge in [0.15, 0.2) is 0 Å². The molecule has 1 aromatic heterocycles. The van der Waals surface area contributed by atoms with Crippen molar-refractivity contribution in [2.45, 2.75) is 0 Å². The summed E-state index contributed by atoms with van der Waals surface area (Å²) in [6.07, 6.45) is 0. The van der Waals surface area contributed by atoms with E-state index in [9.17, 15) is 0 Å². The molecular weight excluding hydrogens is 575 g/mol. The fourth-order valence-electron chi connectivity index (χ4n) is 6.92. The summed E-state index contributed by atoms with van der Waals surface area (Å²) < 4.78 is 2.61. The molecule has 9 rings (SSSR count). The van der Waals surface area contributed by atoms with Crippen LogP contribution in [0.25, 0.3) is 64.0 Å². The minimum absolute atomic E-state index is 1.13. The van der Waals surface area contributed by atoms with Crippen LogP contribution in [0.4, 0.5) is 17.1 Å². The molecule has 2 heteroatoms. The first-order valence-electron chi connectivity index (χ1n) is 15.7. The summed E-state index contributed by atoms with van der Waals surface area (Å²) in [5.41, 5.74) is 8.41. The number of rotatable bonds is 5. The Morgan fingerprint density at radius 1 is 0.391 bits per heavy atom. The first-order chi connectivity index (χ1) is 22.8. The molecule has 46 heavy (non-hydrogen) atoms. The molecule has 1 heterocycles. The third-order valence-corrected chi connectivity index (χ3v) is 10.3. The SMILES string of the molecule is c1ccc(-c2ccc(N(c3cccc4ccccc34)c3cccc4sc5c6ccccc6c(-c6ccccc6)cc5c34)cc2)cc1. The molecule has 0 radical (unpaired) electrons. The quantitative estimate of drug-likeness (QED) is 0.189. The van der Waals surface area contributed by atoms with Gasteiger partial charge in [0, 0.05) is 36.6 Å². The van der Waals surface area contributed by atoms with E-state index in [0.29, 0.717) is 0 Å². The van der Waals surface area contributed by atoms with Gasteiger partial charge in [-0.3, -0.25) is 0 Å². The zero-order valence-corrected chi connectivity index (χ0v) is 25.9. The molecule has 0 fully saturated rings. The van der Waals surface area contributed by atoms with E-state index >= 15 is 0 Å². The van der Waals surface area contributed by atoms with Crippen molar-refractivity contribution in [2.75, 3.05) is 4.90 Å². The Balaban J connectivity index is 1.35. The van der Waals surface area contributed by atoms with Gasteiger partial charge in [0.1, 0.15) is 0 Å². The Labute approximate surface area is 272 Å². The Morgan fingerprint density at radius 2 is 0.978 bits per heavy atom. The Hall–Kier alpha value is -5.70. The lowest BCUT2D eigenvalue weighted by molar-refractivity contribution is 1.32. The molecule has 1 nitrogen and oxygen atoms in total. The molecule has 0 saturated carbocycles. The molecular formula is C44H29NS. The Morgan fingerprint density at radius 3 is 1.76 bits per heavy atom. The highest BCUT2D eigenvalue weighted by atomic mass is 32.1. The van der Waals surface area contributed by atoms with Crippen molar-refractivity contribution in [1.82, 2.24) is 0 Å². The van der Waals surface area contributed by atoms with Crippen LogP contribution >= 0.6 is 11.3 Å². The van der Waals surface area contributed by atoms with Gasteiger partial charge in [0.05, 0.1) is 11.4 Å². The van der Waals surface area contributed by atoms with Gasteiger partial charge in [-0.05, 0) is 69.4 Å². The number of fused-ring (bicyclic) bond motifs is 6. The normalized spacial score (nSPS) is 11.5. The number of hydrogen-bond donors (Lipinski definition) is 0. The maximum absolute atomic E-state index is 2.46. The van der Waals surface area contributed by atoms with Crippen molar-refractivity contribution in [1.29, 1.82) is 0 Å². The third-order valence-electron chi connectivity index (χ3n) is 9.05. The second kappa shape index (κ2) is 11.0. The average Bonchev–Trinajstić information content (AvgIpc) is 3.52. The molecule has 8 aromatic carbocycles. The lowest BCUT2D eigenvalue weighted by atomic mass is 9.95. The molecule has 0 aliphatic heterocycles. The van der Waals surface area contributed by atoms with Gasteiger partial charge in [-0.1, -0.05) is 140 Å². The Kier molecular flexibility index (Phi) is 6.40. The number of anilines is 3. The van der Waals surface area contributed by atoms with Crippen molar-refractivity contribution >= 4 is 70.1 Å². The van der Waals surface area contributed by atoms with Gasteiger partial charge in [-0.25, -0.2) is 0 Å². The maximum Gasteiger partial charge on any atom is 0.0555 e. The first-order valence-corrected chi connectivity index (χ1v) is 16.5. The van der Waals surface area contributed by atoms with Crippen LogP contribution in [-0.4, -0.2) is 0 Å². The Bertz CT molecular complexity index is 2510. The van der Waals surface area contributed by atoms with Crippen LogP contribution in [0.1, 0.15) is 0 Å².